The van der Waals surface area contributed by atoms with Crippen molar-refractivity contribution in [2.24, 2.45) is 5.73 Å². The van der Waals surface area contributed by atoms with E-state index in [0.29, 0.717) is 0 Å². The molecule has 1 aromatic carbocycles. The summed E-state index contributed by atoms with van der Waals surface area (Å²) in [5, 5.41) is 2.88. The van der Waals surface area contributed by atoms with E-state index in [1.807, 2.05) is 0 Å². The molecule has 3 N–H and O–H groups in total. The van der Waals surface area contributed by atoms with Crippen LogP contribution in [0.25, 0.3) is 0 Å². The highest BCUT2D eigenvalue weighted by Crippen LogP contribution is 2.33. The van der Waals surface area contributed by atoms with E-state index in [1.165, 1.54) is 12.1 Å². The predicted octanol–water partition coefficient (Wildman–Crippen LogP) is 1.23. The van der Waals surface area contributed by atoms with E-state index in [9.17, 15) is 9.18 Å². The number of amides is 1. The molecular formula is C14H16ClFN2O3. The van der Waals surface area contributed by atoms with Crippen LogP contribution in [-0.2, 0) is 9.53 Å². The average Bonchev–Trinajstić information content (AvgIpc) is 2.99. The fourth-order valence-corrected chi connectivity index (χ4v) is 2.93. The molecule has 1 amide bonds. The van der Waals surface area contributed by atoms with Crippen LogP contribution in [0.2, 0.25) is 5.02 Å². The average molecular weight is 315 g/mol. The van der Waals surface area contributed by atoms with E-state index in [0.717, 1.165) is 18.9 Å². The van der Waals surface area contributed by atoms with Crippen molar-refractivity contribution in [3.05, 3.63) is 29.0 Å². The fourth-order valence-electron chi connectivity index (χ4n) is 2.81. The van der Waals surface area contributed by atoms with Crippen molar-refractivity contribution in [3.8, 4) is 5.75 Å². The predicted molar refractivity (Wildman–Crippen MR) is 74.7 cm³/mol. The van der Waals surface area contributed by atoms with Crippen LogP contribution in [0.4, 0.5) is 4.39 Å². The Kier molecular flexibility index (Phi) is 4.01. The van der Waals surface area contributed by atoms with E-state index in [4.69, 9.17) is 26.8 Å². The first-order valence-electron chi connectivity index (χ1n) is 6.81. The van der Waals surface area contributed by atoms with Crippen LogP contribution in [-0.4, -0.2) is 36.8 Å². The van der Waals surface area contributed by atoms with E-state index >= 15 is 0 Å². The number of hydrogen-bond donors (Lipinski definition) is 2. The number of rotatable bonds is 4. The smallest absolute Gasteiger partial charge is 0.258 e. The van der Waals surface area contributed by atoms with Crippen LogP contribution in [0.3, 0.4) is 0 Å². The molecule has 0 spiro atoms. The van der Waals surface area contributed by atoms with Gasteiger partial charge in [-0.15, -0.1) is 0 Å². The van der Waals surface area contributed by atoms with Crippen molar-refractivity contribution in [2.75, 3.05) is 6.61 Å². The zero-order valence-corrected chi connectivity index (χ0v) is 12.0. The van der Waals surface area contributed by atoms with Crippen LogP contribution in [0.5, 0.6) is 5.75 Å². The number of fused-ring (bicyclic) bond motifs is 2. The van der Waals surface area contributed by atoms with Gasteiger partial charge in [-0.25, -0.2) is 4.39 Å². The maximum absolute atomic E-state index is 13.2. The number of ether oxygens (including phenoxy) is 2. The van der Waals surface area contributed by atoms with Gasteiger partial charge in [0.05, 0.1) is 23.3 Å². The lowest BCUT2D eigenvalue weighted by atomic mass is 9.92. The summed E-state index contributed by atoms with van der Waals surface area (Å²) in [7, 11) is 0. The summed E-state index contributed by atoms with van der Waals surface area (Å²) in [6.45, 7) is -0.180. The summed E-state index contributed by atoms with van der Waals surface area (Å²) in [5.41, 5.74) is 5.87. The topological polar surface area (TPSA) is 73.6 Å². The Morgan fingerprint density at radius 3 is 2.90 bits per heavy atom. The van der Waals surface area contributed by atoms with Gasteiger partial charge in [0, 0.05) is 12.1 Å². The minimum atomic E-state index is -0.579. The number of carbonyl (C=O) groups is 1. The first-order valence-corrected chi connectivity index (χ1v) is 7.19. The molecule has 2 heterocycles. The van der Waals surface area contributed by atoms with E-state index in [-0.39, 0.29) is 47.6 Å². The van der Waals surface area contributed by atoms with Gasteiger partial charge in [0.25, 0.3) is 5.91 Å². The second-order valence-corrected chi connectivity index (χ2v) is 5.79. The van der Waals surface area contributed by atoms with Crippen LogP contribution < -0.4 is 15.8 Å². The Bertz CT molecular complexity index is 555. The van der Waals surface area contributed by atoms with E-state index in [2.05, 4.69) is 5.32 Å². The third kappa shape index (κ3) is 3.12. The van der Waals surface area contributed by atoms with Gasteiger partial charge in [0.15, 0.2) is 6.61 Å². The molecule has 2 fully saturated rings. The molecule has 2 aliphatic heterocycles. The Morgan fingerprint density at radius 1 is 1.48 bits per heavy atom. The Balaban J connectivity index is 1.48. The summed E-state index contributed by atoms with van der Waals surface area (Å²) >= 11 is 5.57. The van der Waals surface area contributed by atoms with Gasteiger partial charge in [0.1, 0.15) is 11.6 Å². The van der Waals surface area contributed by atoms with Crippen LogP contribution in [0, 0.1) is 5.82 Å². The summed E-state index contributed by atoms with van der Waals surface area (Å²) < 4.78 is 24.1. The Labute approximate surface area is 126 Å². The van der Waals surface area contributed by atoms with Crippen LogP contribution >= 0.6 is 11.6 Å². The third-order valence-corrected chi connectivity index (χ3v) is 4.18. The Hall–Kier alpha value is -1.37. The van der Waals surface area contributed by atoms with Crippen LogP contribution in [0.15, 0.2) is 18.2 Å². The van der Waals surface area contributed by atoms with Gasteiger partial charge in [-0.05, 0) is 25.0 Å². The van der Waals surface area contributed by atoms with Crippen molar-refractivity contribution in [3.63, 3.8) is 0 Å². The molecule has 0 radical (unpaired) electrons. The van der Waals surface area contributed by atoms with Gasteiger partial charge >= 0.3 is 0 Å². The highest BCUT2D eigenvalue weighted by molar-refractivity contribution is 6.30. The molecule has 2 bridgehead atoms. The molecule has 1 aromatic rings. The maximum Gasteiger partial charge on any atom is 0.258 e. The largest absolute Gasteiger partial charge is 0.484 e. The van der Waals surface area contributed by atoms with E-state index in [1.54, 1.807) is 0 Å². The molecule has 0 aliphatic carbocycles. The van der Waals surface area contributed by atoms with Gasteiger partial charge in [-0.2, -0.15) is 0 Å². The Morgan fingerprint density at radius 2 is 2.29 bits per heavy atom. The first kappa shape index (κ1) is 14.6. The molecule has 21 heavy (non-hydrogen) atoms. The lowest BCUT2D eigenvalue weighted by Gasteiger charge is -2.23. The minimum absolute atomic E-state index is 0.0121. The normalized spacial score (nSPS) is 30.4. The van der Waals surface area contributed by atoms with Gasteiger partial charge in [0.2, 0.25) is 0 Å². The molecule has 0 saturated carbocycles. The lowest BCUT2D eigenvalue weighted by Crippen LogP contribution is -2.47. The van der Waals surface area contributed by atoms with Gasteiger partial charge in [-0.3, -0.25) is 4.79 Å². The summed E-state index contributed by atoms with van der Waals surface area (Å²) in [6.07, 6.45) is 1.51. The fraction of sp³-hybridized carbons (Fsp3) is 0.500. The highest BCUT2D eigenvalue weighted by Gasteiger charge is 2.46. The second kappa shape index (κ2) is 5.79. The molecule has 7 heteroatoms. The van der Waals surface area contributed by atoms with Crippen LogP contribution in [0.1, 0.15) is 12.8 Å². The zero-order valence-electron chi connectivity index (χ0n) is 11.2. The molecule has 0 unspecified atom stereocenters. The molecule has 3 rings (SSSR count). The third-order valence-electron chi connectivity index (χ3n) is 3.87. The van der Waals surface area contributed by atoms with E-state index < -0.39 is 5.82 Å². The summed E-state index contributed by atoms with van der Waals surface area (Å²) in [6, 6.07) is 4.09. The van der Waals surface area contributed by atoms with Crippen molar-refractivity contribution in [1.29, 1.82) is 0 Å². The monoisotopic (exact) mass is 314 g/mol. The van der Waals surface area contributed by atoms with Gasteiger partial charge < -0.3 is 20.5 Å². The van der Waals surface area contributed by atoms with Crippen molar-refractivity contribution in [1.82, 2.24) is 5.32 Å². The standard InChI is InChI=1S/C14H16ClFN2O3/c15-8-2-1-7(3-9(8)16)20-6-14(19)18-11-5-12-10(17)4-13(11)21-12/h1-3,10-13H,4-6,17H2,(H,18,19)/t10-,11-,12+,13+/m1/s1. The first-order chi connectivity index (χ1) is 10.0. The zero-order chi connectivity index (χ0) is 15.0. The molecule has 0 aromatic heterocycles. The molecule has 4 atom stereocenters. The number of nitrogens with one attached hydrogen (secondary N) is 1. The van der Waals surface area contributed by atoms with Crippen molar-refractivity contribution in [2.45, 2.75) is 37.1 Å². The minimum Gasteiger partial charge on any atom is -0.484 e. The lowest BCUT2D eigenvalue weighted by molar-refractivity contribution is -0.124. The molecule has 5 nitrogen and oxygen atoms in total. The molecule has 2 saturated heterocycles. The SMILES string of the molecule is N[C@@H]1C[C@@H]2O[C@H]1C[C@H]2NC(=O)COc1ccc(Cl)c(F)c1. The highest BCUT2D eigenvalue weighted by atomic mass is 35.5. The quantitative estimate of drug-likeness (QED) is 0.877. The van der Waals surface area contributed by atoms with Crippen molar-refractivity contribution < 1.29 is 18.7 Å². The number of carbonyl (C=O) groups excluding carboxylic acids is 1. The molecule has 114 valence electrons. The van der Waals surface area contributed by atoms with Crippen molar-refractivity contribution >= 4 is 17.5 Å². The number of benzene rings is 1. The molecule has 2 aliphatic rings. The molecular weight excluding hydrogens is 299 g/mol. The van der Waals surface area contributed by atoms with Gasteiger partial charge in [-0.1, -0.05) is 11.6 Å². The second-order valence-electron chi connectivity index (χ2n) is 5.39. The summed E-state index contributed by atoms with van der Waals surface area (Å²) in [4.78, 5) is 11.8. The number of nitrogens with two attached hydrogens (primary N) is 1. The summed E-state index contributed by atoms with van der Waals surface area (Å²) in [5.74, 6) is -0.580. The number of halogens is 2. The maximum atomic E-state index is 13.2. The number of hydrogen-bond acceptors (Lipinski definition) is 4.